The first-order chi connectivity index (χ1) is 20.0. The van der Waals surface area contributed by atoms with Gasteiger partial charge >= 0.3 is 6.18 Å². The lowest BCUT2D eigenvalue weighted by Crippen LogP contribution is -2.61. The molecule has 2 fully saturated rings. The fourth-order valence-electron chi connectivity index (χ4n) is 5.18. The average Bonchev–Trinajstić information content (AvgIpc) is 2.95. The summed E-state index contributed by atoms with van der Waals surface area (Å²) in [6, 6.07) is 16.6. The smallest absolute Gasteiger partial charge is 0.373 e. The van der Waals surface area contributed by atoms with Crippen LogP contribution in [0.3, 0.4) is 0 Å². The molecule has 2 unspecified atom stereocenters. The van der Waals surface area contributed by atoms with Gasteiger partial charge in [0.15, 0.2) is 0 Å². The highest BCUT2D eigenvalue weighted by Crippen LogP contribution is 2.43. The topological polar surface area (TPSA) is 117 Å². The van der Waals surface area contributed by atoms with E-state index in [4.69, 9.17) is 4.74 Å². The third-order valence-corrected chi connectivity index (χ3v) is 7.94. The largest absolute Gasteiger partial charge is 0.426 e. The number of carbonyl (C=O) groups excluding carboxylic acids is 2. The molecular formula is C30H32F3N5O4. The van der Waals surface area contributed by atoms with Crippen LogP contribution in [0.5, 0.6) is 0 Å². The van der Waals surface area contributed by atoms with Crippen LogP contribution in [0.15, 0.2) is 67.1 Å². The third kappa shape index (κ3) is 6.15. The minimum absolute atomic E-state index is 0.269. The molecule has 0 radical (unpaired) electrons. The maximum absolute atomic E-state index is 13.3. The van der Waals surface area contributed by atoms with Crippen LogP contribution in [0.2, 0.25) is 0 Å². The van der Waals surface area contributed by atoms with Gasteiger partial charge in [-0.3, -0.25) is 14.5 Å². The van der Waals surface area contributed by atoms with Crippen molar-refractivity contribution in [3.05, 3.63) is 89.5 Å². The van der Waals surface area contributed by atoms with Crippen LogP contribution in [0.1, 0.15) is 59.5 Å². The van der Waals surface area contributed by atoms with Crippen LogP contribution in [0, 0.1) is 0 Å². The van der Waals surface area contributed by atoms with Crippen molar-refractivity contribution in [2.24, 2.45) is 0 Å². The molecule has 9 nitrogen and oxygen atoms in total. The molecule has 3 N–H and O–H groups in total. The maximum Gasteiger partial charge on any atom is 0.426 e. The molecule has 222 valence electrons. The third-order valence-electron chi connectivity index (χ3n) is 7.94. The molecule has 1 aliphatic carbocycles. The highest BCUT2D eigenvalue weighted by Gasteiger charge is 2.57. The van der Waals surface area contributed by atoms with Crippen molar-refractivity contribution in [2.75, 3.05) is 25.0 Å². The summed E-state index contributed by atoms with van der Waals surface area (Å²) >= 11 is 0. The van der Waals surface area contributed by atoms with Gasteiger partial charge in [0.2, 0.25) is 5.60 Å². The van der Waals surface area contributed by atoms with E-state index in [-0.39, 0.29) is 5.56 Å². The number of carbonyl (C=O) groups is 2. The van der Waals surface area contributed by atoms with Crippen molar-refractivity contribution in [3.63, 3.8) is 0 Å². The van der Waals surface area contributed by atoms with E-state index in [0.29, 0.717) is 56.3 Å². The van der Waals surface area contributed by atoms with Crippen molar-refractivity contribution < 1.29 is 32.6 Å². The van der Waals surface area contributed by atoms with Crippen molar-refractivity contribution >= 4 is 17.5 Å². The normalized spacial score (nSPS) is 20.2. The lowest BCUT2D eigenvalue weighted by atomic mass is 9.71. The van der Waals surface area contributed by atoms with Gasteiger partial charge in [0.1, 0.15) is 12.4 Å². The van der Waals surface area contributed by atoms with Gasteiger partial charge in [-0.25, -0.2) is 9.97 Å². The number of halogens is 3. The standard InChI is InChI=1S/C30H32F3N5O4/c1-28(41,30(31,32)33)27(40)37-29(12-5-13-29)21-8-10-22(11-9-21)36-26(39)23-16-34-19-35-25(23)24-18-38(14-15-42-24)17-20-6-3-2-4-7-20/h2-4,6-11,16,19,24,41H,5,12-15,17-18H2,1H3,(H,36,39)(H,37,40). The summed E-state index contributed by atoms with van der Waals surface area (Å²) in [6.45, 7) is 2.97. The van der Waals surface area contributed by atoms with Gasteiger partial charge in [0.05, 0.1) is 23.4 Å². The first kappa shape index (κ1) is 29.6. The van der Waals surface area contributed by atoms with Crippen LogP contribution in [-0.4, -0.2) is 63.3 Å². The Kier molecular flexibility index (Phi) is 8.31. The number of alkyl halides is 3. The number of morpholine rings is 1. The van der Waals surface area contributed by atoms with Crippen molar-refractivity contribution in [1.82, 2.24) is 20.2 Å². The van der Waals surface area contributed by atoms with Gasteiger partial charge < -0.3 is 20.5 Å². The van der Waals surface area contributed by atoms with Crippen LogP contribution in [-0.2, 0) is 21.6 Å². The van der Waals surface area contributed by atoms with E-state index in [1.54, 1.807) is 24.3 Å². The number of rotatable bonds is 8. The van der Waals surface area contributed by atoms with Crippen molar-refractivity contribution in [1.29, 1.82) is 0 Å². The summed E-state index contributed by atoms with van der Waals surface area (Å²) < 4.78 is 45.5. The number of amides is 2. The van der Waals surface area contributed by atoms with E-state index in [1.165, 1.54) is 18.1 Å². The zero-order chi connectivity index (χ0) is 30.0. The molecule has 2 amide bonds. The maximum atomic E-state index is 13.3. The Morgan fingerprint density at radius 3 is 2.48 bits per heavy atom. The van der Waals surface area contributed by atoms with E-state index >= 15 is 0 Å². The molecule has 1 aliphatic heterocycles. The molecule has 2 aromatic carbocycles. The van der Waals surface area contributed by atoms with E-state index in [2.05, 4.69) is 37.6 Å². The Bertz CT molecular complexity index is 1410. The summed E-state index contributed by atoms with van der Waals surface area (Å²) in [6.07, 6.45) is -1.17. The van der Waals surface area contributed by atoms with Crippen LogP contribution in [0.4, 0.5) is 18.9 Å². The monoisotopic (exact) mass is 583 g/mol. The van der Waals surface area contributed by atoms with E-state index in [9.17, 15) is 27.9 Å². The number of hydrogen-bond donors (Lipinski definition) is 3. The highest BCUT2D eigenvalue weighted by atomic mass is 19.4. The molecule has 0 bridgehead atoms. The molecule has 2 atom stereocenters. The Morgan fingerprint density at radius 2 is 1.83 bits per heavy atom. The lowest BCUT2D eigenvalue weighted by molar-refractivity contribution is -0.246. The van der Waals surface area contributed by atoms with Crippen molar-refractivity contribution in [3.8, 4) is 0 Å². The number of aromatic nitrogens is 2. The van der Waals surface area contributed by atoms with E-state index in [0.717, 1.165) is 13.1 Å². The zero-order valence-electron chi connectivity index (χ0n) is 23.0. The molecule has 12 heteroatoms. The lowest BCUT2D eigenvalue weighted by Gasteiger charge is -2.44. The van der Waals surface area contributed by atoms with Gasteiger partial charge in [0.25, 0.3) is 11.8 Å². The first-order valence-corrected chi connectivity index (χ1v) is 13.7. The number of nitrogens with zero attached hydrogens (tertiary/aromatic N) is 3. The first-order valence-electron chi connectivity index (χ1n) is 13.7. The van der Waals surface area contributed by atoms with E-state index in [1.807, 2.05) is 18.2 Å². The summed E-state index contributed by atoms with van der Waals surface area (Å²) in [5, 5.41) is 15.0. The molecule has 3 aromatic rings. The van der Waals surface area contributed by atoms with Crippen LogP contribution >= 0.6 is 0 Å². The number of aliphatic hydroxyl groups is 1. The summed E-state index contributed by atoms with van der Waals surface area (Å²) in [5.74, 6) is -1.94. The predicted octanol–water partition coefficient (Wildman–Crippen LogP) is 4.11. The fourth-order valence-corrected chi connectivity index (χ4v) is 5.18. The minimum Gasteiger partial charge on any atom is -0.373 e. The van der Waals surface area contributed by atoms with Gasteiger partial charge in [-0.15, -0.1) is 0 Å². The average molecular weight is 584 g/mol. The number of hydrogen-bond acceptors (Lipinski definition) is 7. The van der Waals surface area contributed by atoms with Gasteiger partial charge in [-0.1, -0.05) is 42.5 Å². The molecule has 5 rings (SSSR count). The summed E-state index contributed by atoms with van der Waals surface area (Å²) in [5.41, 5.74) is -1.60. The second-order valence-electron chi connectivity index (χ2n) is 10.9. The molecule has 1 saturated heterocycles. The number of anilines is 1. The molecule has 1 aromatic heterocycles. The van der Waals surface area contributed by atoms with Gasteiger partial charge in [-0.2, -0.15) is 13.2 Å². The van der Waals surface area contributed by atoms with Crippen molar-refractivity contribution in [2.45, 2.75) is 56.2 Å². The zero-order valence-corrected chi connectivity index (χ0v) is 23.0. The molecule has 2 heterocycles. The fraction of sp³-hybridized carbons (Fsp3) is 0.400. The Balaban J connectivity index is 1.26. The quantitative estimate of drug-likeness (QED) is 0.366. The SMILES string of the molecule is CC(O)(C(=O)NC1(c2ccc(NC(=O)c3cncnc3C3CN(Cc4ccccc4)CCO3)cc2)CCC1)C(F)(F)F. The molecule has 1 saturated carbocycles. The molecule has 0 spiro atoms. The molecular weight excluding hydrogens is 551 g/mol. The highest BCUT2D eigenvalue weighted by molar-refractivity contribution is 6.04. The second kappa shape index (κ2) is 11.8. The number of benzene rings is 2. The Labute approximate surface area is 241 Å². The summed E-state index contributed by atoms with van der Waals surface area (Å²) in [7, 11) is 0. The summed E-state index contributed by atoms with van der Waals surface area (Å²) in [4.78, 5) is 36.3. The van der Waals surface area contributed by atoms with Gasteiger partial charge in [0, 0.05) is 31.5 Å². The molecule has 42 heavy (non-hydrogen) atoms. The number of nitrogens with one attached hydrogen (secondary N) is 2. The van der Waals surface area contributed by atoms with E-state index < -0.39 is 35.2 Å². The second-order valence-corrected chi connectivity index (χ2v) is 10.9. The van der Waals surface area contributed by atoms with Gasteiger partial charge in [-0.05, 0) is 49.4 Å². The number of ether oxygens (including phenoxy) is 1. The Hall–Kier alpha value is -3.87. The Morgan fingerprint density at radius 1 is 1.12 bits per heavy atom. The van der Waals surface area contributed by atoms with Crippen LogP contribution < -0.4 is 10.6 Å². The predicted molar refractivity (Wildman–Crippen MR) is 147 cm³/mol. The molecule has 2 aliphatic rings. The van der Waals surface area contributed by atoms with Crippen LogP contribution in [0.25, 0.3) is 0 Å². The minimum atomic E-state index is -5.11.